The van der Waals surface area contributed by atoms with E-state index in [4.69, 9.17) is 9.47 Å². The molecule has 1 fully saturated rings. The van der Waals surface area contributed by atoms with Crippen LogP contribution in [0.3, 0.4) is 0 Å². The predicted octanol–water partition coefficient (Wildman–Crippen LogP) is 1.31. The van der Waals surface area contributed by atoms with Crippen LogP contribution in [-0.4, -0.2) is 46.5 Å². The number of morpholine rings is 1. The Morgan fingerprint density at radius 2 is 2.04 bits per heavy atom. The maximum absolute atomic E-state index is 12.9. The number of carbonyl (C=O) groups excluding carboxylic acids is 2. The Bertz CT molecular complexity index is 945. The third-order valence-corrected chi connectivity index (χ3v) is 4.07. The Hall–Kier alpha value is -2.71. The van der Waals surface area contributed by atoms with Gasteiger partial charge in [-0.3, -0.25) is 14.4 Å². The van der Waals surface area contributed by atoms with E-state index in [0.29, 0.717) is 16.6 Å². The van der Waals surface area contributed by atoms with Crippen molar-refractivity contribution in [3.05, 3.63) is 40.7 Å². The van der Waals surface area contributed by atoms with Crippen LogP contribution in [0, 0.1) is 0 Å². The normalized spacial score (nSPS) is 20.7. The third-order valence-electron chi connectivity index (χ3n) is 4.07. The molecule has 8 nitrogen and oxygen atoms in total. The summed E-state index contributed by atoms with van der Waals surface area (Å²) in [6, 6.07) is 8.10. The largest absolute Gasteiger partial charge is 0.460 e. The topological polar surface area (TPSA) is 109 Å². The summed E-state index contributed by atoms with van der Waals surface area (Å²) in [5.74, 6) is -3.79. The number of nitrogens with zero attached hydrogens (tertiary/aromatic N) is 1. The summed E-state index contributed by atoms with van der Waals surface area (Å²) >= 11 is 0. The first-order valence-corrected chi connectivity index (χ1v) is 8.61. The summed E-state index contributed by atoms with van der Waals surface area (Å²) in [6.45, 7) is 5.34. The van der Waals surface area contributed by atoms with E-state index in [-0.39, 0.29) is 18.7 Å². The van der Waals surface area contributed by atoms with Crippen LogP contribution in [0.15, 0.2) is 35.1 Å². The van der Waals surface area contributed by atoms with Gasteiger partial charge >= 0.3 is 5.97 Å². The van der Waals surface area contributed by atoms with E-state index < -0.39 is 29.7 Å². The van der Waals surface area contributed by atoms with Gasteiger partial charge in [0.1, 0.15) is 12.0 Å². The molecule has 0 saturated carbocycles. The van der Waals surface area contributed by atoms with Crippen LogP contribution in [0.5, 0.6) is 0 Å². The van der Waals surface area contributed by atoms with Crippen molar-refractivity contribution in [1.82, 2.24) is 4.98 Å². The van der Waals surface area contributed by atoms with Crippen molar-refractivity contribution in [2.45, 2.75) is 38.6 Å². The van der Waals surface area contributed by atoms with Gasteiger partial charge in [0.15, 0.2) is 0 Å². The summed E-state index contributed by atoms with van der Waals surface area (Å²) in [7, 11) is 0. The first kappa shape index (κ1) is 19.1. The van der Waals surface area contributed by atoms with Gasteiger partial charge < -0.3 is 24.5 Å². The van der Waals surface area contributed by atoms with Gasteiger partial charge in [-0.05, 0) is 39.0 Å². The third kappa shape index (κ3) is 4.01. The molecule has 1 atom stereocenters. The quantitative estimate of drug-likeness (QED) is 0.784. The maximum atomic E-state index is 12.9. The number of hydrogen-bond donors (Lipinski definition) is 2. The second-order valence-corrected chi connectivity index (χ2v) is 7.41. The number of amides is 1. The van der Waals surface area contributed by atoms with Crippen LogP contribution in [0.2, 0.25) is 0 Å². The van der Waals surface area contributed by atoms with Gasteiger partial charge in [0.05, 0.1) is 17.8 Å². The van der Waals surface area contributed by atoms with Gasteiger partial charge in [0.25, 0.3) is 11.7 Å². The van der Waals surface area contributed by atoms with Crippen molar-refractivity contribution in [3.8, 4) is 0 Å². The van der Waals surface area contributed by atoms with Gasteiger partial charge in [-0.25, -0.2) is 0 Å². The SMILES string of the molecule is CC(C)(C)OC(=O)C[C@@]1(O)OCCN(c2cccc3[nH]c(=O)ccc23)C1=O. The van der Waals surface area contributed by atoms with Crippen LogP contribution >= 0.6 is 0 Å². The summed E-state index contributed by atoms with van der Waals surface area (Å²) in [5, 5.41) is 11.3. The first-order chi connectivity index (χ1) is 12.6. The van der Waals surface area contributed by atoms with Crippen LogP contribution in [0.4, 0.5) is 5.69 Å². The van der Waals surface area contributed by atoms with Gasteiger partial charge in [-0.15, -0.1) is 0 Å². The summed E-state index contributed by atoms with van der Waals surface area (Å²) in [4.78, 5) is 40.6. The molecule has 144 valence electrons. The number of esters is 1. The molecule has 8 heteroatoms. The molecule has 1 amide bonds. The Labute approximate surface area is 155 Å². The minimum Gasteiger partial charge on any atom is -0.460 e. The Kier molecular flexibility index (Phi) is 4.79. The number of carbonyl (C=O) groups is 2. The average Bonchev–Trinajstić information content (AvgIpc) is 2.55. The zero-order valence-corrected chi connectivity index (χ0v) is 15.4. The molecule has 2 aromatic rings. The molecular weight excluding hydrogens is 352 g/mol. The van der Waals surface area contributed by atoms with Crippen molar-refractivity contribution in [2.24, 2.45) is 0 Å². The van der Waals surface area contributed by atoms with Crippen molar-refractivity contribution >= 4 is 28.5 Å². The number of H-pyrrole nitrogens is 1. The number of fused-ring (bicyclic) bond motifs is 1. The highest BCUT2D eigenvalue weighted by Crippen LogP contribution is 2.31. The van der Waals surface area contributed by atoms with E-state index in [1.165, 1.54) is 11.0 Å². The lowest BCUT2D eigenvalue weighted by Gasteiger charge is -2.38. The van der Waals surface area contributed by atoms with Crippen LogP contribution in [0.1, 0.15) is 27.2 Å². The molecule has 1 aliphatic rings. The highest BCUT2D eigenvalue weighted by atomic mass is 16.6. The molecule has 1 saturated heterocycles. The van der Waals surface area contributed by atoms with Crippen molar-refractivity contribution < 1.29 is 24.2 Å². The van der Waals surface area contributed by atoms with Crippen molar-refractivity contribution in [2.75, 3.05) is 18.1 Å². The number of hydrogen-bond acceptors (Lipinski definition) is 6. The lowest BCUT2D eigenvalue weighted by molar-refractivity contribution is -0.221. The molecule has 0 unspecified atom stereocenters. The number of aromatic amines is 1. The molecule has 27 heavy (non-hydrogen) atoms. The molecule has 1 aliphatic heterocycles. The minimum atomic E-state index is -2.30. The van der Waals surface area contributed by atoms with Crippen molar-refractivity contribution in [1.29, 1.82) is 0 Å². The highest BCUT2D eigenvalue weighted by Gasteiger charge is 2.47. The second kappa shape index (κ2) is 6.79. The summed E-state index contributed by atoms with van der Waals surface area (Å²) < 4.78 is 10.4. The Balaban J connectivity index is 1.91. The fourth-order valence-corrected chi connectivity index (χ4v) is 3.02. The van der Waals surface area contributed by atoms with Gasteiger partial charge in [-0.1, -0.05) is 6.07 Å². The molecule has 0 aliphatic carbocycles. The van der Waals surface area contributed by atoms with E-state index in [9.17, 15) is 19.5 Å². The lowest BCUT2D eigenvalue weighted by atomic mass is 10.1. The molecule has 0 bridgehead atoms. The fraction of sp³-hybridized carbons (Fsp3) is 0.421. The number of nitrogens with one attached hydrogen (secondary N) is 1. The number of pyridine rings is 1. The Morgan fingerprint density at radius 3 is 2.74 bits per heavy atom. The molecule has 0 radical (unpaired) electrons. The number of rotatable bonds is 3. The van der Waals surface area contributed by atoms with Crippen molar-refractivity contribution in [3.63, 3.8) is 0 Å². The molecule has 2 N–H and O–H groups in total. The van der Waals surface area contributed by atoms with Crippen LogP contribution < -0.4 is 10.5 Å². The smallest absolute Gasteiger partial charge is 0.312 e. The average molecular weight is 374 g/mol. The van der Waals surface area contributed by atoms with Gasteiger partial charge in [-0.2, -0.15) is 0 Å². The van der Waals surface area contributed by atoms with E-state index in [1.54, 1.807) is 45.0 Å². The molecule has 1 aromatic carbocycles. The van der Waals surface area contributed by atoms with E-state index in [0.717, 1.165) is 0 Å². The van der Waals surface area contributed by atoms with E-state index in [1.807, 2.05) is 0 Å². The molecule has 0 spiro atoms. The zero-order chi connectivity index (χ0) is 19.8. The maximum Gasteiger partial charge on any atom is 0.312 e. The minimum absolute atomic E-state index is 0.0464. The van der Waals surface area contributed by atoms with Crippen LogP contribution in [-0.2, 0) is 19.1 Å². The molecule has 1 aromatic heterocycles. The van der Waals surface area contributed by atoms with E-state index >= 15 is 0 Å². The van der Waals surface area contributed by atoms with Gasteiger partial charge in [0.2, 0.25) is 5.56 Å². The predicted molar refractivity (Wildman–Crippen MR) is 98.3 cm³/mol. The monoisotopic (exact) mass is 374 g/mol. The number of aliphatic hydroxyl groups is 1. The summed E-state index contributed by atoms with van der Waals surface area (Å²) in [5.41, 5.74) is 0.0795. The first-order valence-electron chi connectivity index (χ1n) is 8.61. The molecule has 2 heterocycles. The lowest BCUT2D eigenvalue weighted by Crippen LogP contribution is -2.58. The zero-order valence-electron chi connectivity index (χ0n) is 15.4. The fourth-order valence-electron chi connectivity index (χ4n) is 3.02. The molecular formula is C19H22N2O6. The number of ether oxygens (including phenoxy) is 2. The number of anilines is 1. The second-order valence-electron chi connectivity index (χ2n) is 7.41. The Morgan fingerprint density at radius 1 is 1.30 bits per heavy atom. The highest BCUT2D eigenvalue weighted by molar-refractivity contribution is 6.06. The van der Waals surface area contributed by atoms with Crippen LogP contribution in [0.25, 0.3) is 10.9 Å². The number of aromatic nitrogens is 1. The summed E-state index contributed by atoms with van der Waals surface area (Å²) in [6.07, 6.45) is -0.610. The van der Waals surface area contributed by atoms with E-state index in [2.05, 4.69) is 4.98 Å². The number of benzene rings is 1. The standard InChI is InChI=1S/C19H22N2O6/c1-18(2,3)27-16(23)11-19(25)17(24)21(9-10-26-19)14-6-4-5-13-12(14)7-8-15(22)20-13/h4-8,25H,9-11H2,1-3H3,(H,20,22)/t19-/m1/s1. The van der Waals surface area contributed by atoms with Gasteiger partial charge in [0, 0.05) is 18.0 Å². The molecule has 3 rings (SSSR count).